The molecule has 0 radical (unpaired) electrons. The zero-order valence-electron chi connectivity index (χ0n) is 11.1. The van der Waals surface area contributed by atoms with Crippen molar-refractivity contribution < 1.29 is 4.79 Å². The maximum atomic E-state index is 12.0. The van der Waals surface area contributed by atoms with Crippen LogP contribution in [-0.4, -0.2) is 21.1 Å². The summed E-state index contributed by atoms with van der Waals surface area (Å²) in [6.45, 7) is 6.29. The highest BCUT2D eigenvalue weighted by molar-refractivity contribution is 5.93. The summed E-state index contributed by atoms with van der Waals surface area (Å²) in [4.78, 5) is 12.0. The molecule has 0 saturated heterocycles. The van der Waals surface area contributed by atoms with Crippen molar-refractivity contribution in [1.29, 1.82) is 0 Å². The zero-order valence-corrected chi connectivity index (χ0v) is 11.1. The molecule has 0 bridgehead atoms. The Morgan fingerprint density at radius 3 is 2.67 bits per heavy atom. The molecule has 2 rings (SSSR count). The van der Waals surface area contributed by atoms with Gasteiger partial charge >= 0.3 is 0 Å². The number of Topliss-reactive ketones (excluding diaryl/α,β-unsaturated/α-hetero) is 1. The number of para-hydroxylation sites is 1. The molecule has 0 spiro atoms. The van der Waals surface area contributed by atoms with Gasteiger partial charge in [-0.3, -0.25) is 9.48 Å². The van der Waals surface area contributed by atoms with E-state index in [4.69, 9.17) is 5.73 Å². The molecule has 4 nitrogen and oxygen atoms in total. The summed E-state index contributed by atoms with van der Waals surface area (Å²) < 4.78 is 1.92. The van der Waals surface area contributed by atoms with Crippen molar-refractivity contribution in [2.24, 2.45) is 5.73 Å². The van der Waals surface area contributed by atoms with Gasteiger partial charge in [0.2, 0.25) is 0 Å². The highest BCUT2D eigenvalue weighted by atomic mass is 16.1. The number of carbonyl (C=O) groups is 1. The number of benzene rings is 1. The Morgan fingerprint density at radius 2 is 2.06 bits per heavy atom. The molecule has 4 heteroatoms. The molecule has 0 aliphatic carbocycles. The SMILES string of the molecule is CCn1nc(CC(=O)C(C)(C)N)c2ccccc21. The largest absolute Gasteiger partial charge is 0.319 e. The Bertz CT molecular complexity index is 578. The third-order valence-electron chi connectivity index (χ3n) is 3.08. The molecule has 0 unspecified atom stereocenters. The van der Waals surface area contributed by atoms with Gasteiger partial charge in [-0.25, -0.2) is 0 Å². The summed E-state index contributed by atoms with van der Waals surface area (Å²) in [5.74, 6) is 0.00834. The average Bonchev–Trinajstić information content (AvgIpc) is 2.67. The highest BCUT2D eigenvalue weighted by Crippen LogP contribution is 2.20. The van der Waals surface area contributed by atoms with E-state index in [0.29, 0.717) is 0 Å². The Morgan fingerprint density at radius 1 is 1.39 bits per heavy atom. The van der Waals surface area contributed by atoms with Crippen LogP contribution in [0.15, 0.2) is 24.3 Å². The summed E-state index contributed by atoms with van der Waals surface area (Å²) in [5, 5.41) is 5.54. The highest BCUT2D eigenvalue weighted by Gasteiger charge is 2.24. The minimum Gasteiger partial charge on any atom is -0.319 e. The van der Waals surface area contributed by atoms with E-state index in [-0.39, 0.29) is 12.2 Å². The van der Waals surface area contributed by atoms with Gasteiger partial charge in [-0.2, -0.15) is 5.10 Å². The van der Waals surface area contributed by atoms with Crippen LogP contribution >= 0.6 is 0 Å². The first kappa shape index (κ1) is 12.8. The fraction of sp³-hybridized carbons (Fsp3) is 0.429. The van der Waals surface area contributed by atoms with E-state index in [2.05, 4.69) is 5.10 Å². The number of carbonyl (C=O) groups excluding carboxylic acids is 1. The molecule has 0 fully saturated rings. The smallest absolute Gasteiger partial charge is 0.158 e. The maximum Gasteiger partial charge on any atom is 0.158 e. The molecule has 1 heterocycles. The minimum atomic E-state index is -0.808. The van der Waals surface area contributed by atoms with Gasteiger partial charge in [0.25, 0.3) is 0 Å². The van der Waals surface area contributed by atoms with E-state index in [9.17, 15) is 4.79 Å². The molecule has 2 N–H and O–H groups in total. The zero-order chi connectivity index (χ0) is 13.3. The summed E-state index contributed by atoms with van der Waals surface area (Å²) in [5.41, 5.74) is 6.90. The lowest BCUT2D eigenvalue weighted by Gasteiger charge is -2.15. The maximum absolute atomic E-state index is 12.0. The Kier molecular flexibility index (Phi) is 3.22. The molecule has 0 amide bonds. The topological polar surface area (TPSA) is 60.9 Å². The van der Waals surface area contributed by atoms with Gasteiger partial charge in [0.05, 0.1) is 23.2 Å². The number of hydrogen-bond donors (Lipinski definition) is 1. The number of hydrogen-bond acceptors (Lipinski definition) is 3. The summed E-state index contributed by atoms with van der Waals surface area (Å²) in [7, 11) is 0. The van der Waals surface area contributed by atoms with Crippen LogP contribution in [0, 0.1) is 0 Å². The third kappa shape index (κ3) is 2.29. The molecular weight excluding hydrogens is 226 g/mol. The van der Waals surface area contributed by atoms with Crippen LogP contribution in [0.2, 0.25) is 0 Å². The molecule has 0 saturated carbocycles. The van der Waals surface area contributed by atoms with E-state index in [0.717, 1.165) is 23.1 Å². The van der Waals surface area contributed by atoms with E-state index >= 15 is 0 Å². The summed E-state index contributed by atoms with van der Waals surface area (Å²) in [6.07, 6.45) is 0.289. The number of aryl methyl sites for hydroxylation is 1. The lowest BCUT2D eigenvalue weighted by molar-refractivity contribution is -0.122. The van der Waals surface area contributed by atoms with Crippen molar-refractivity contribution in [3.05, 3.63) is 30.0 Å². The second kappa shape index (κ2) is 4.53. The van der Waals surface area contributed by atoms with Crippen molar-refractivity contribution in [3.8, 4) is 0 Å². The molecule has 96 valence electrons. The molecule has 18 heavy (non-hydrogen) atoms. The fourth-order valence-electron chi connectivity index (χ4n) is 1.95. The molecule has 0 aliphatic heterocycles. The van der Waals surface area contributed by atoms with Gasteiger partial charge < -0.3 is 5.73 Å². The van der Waals surface area contributed by atoms with Crippen LogP contribution in [-0.2, 0) is 17.8 Å². The standard InChI is InChI=1S/C14H19N3O/c1-4-17-12-8-6-5-7-10(12)11(16-17)9-13(18)14(2,3)15/h5-8H,4,9,15H2,1-3H3. The van der Waals surface area contributed by atoms with Crippen LogP contribution in [0.3, 0.4) is 0 Å². The van der Waals surface area contributed by atoms with Gasteiger partial charge in [-0.15, -0.1) is 0 Å². The second-order valence-corrected chi connectivity index (χ2v) is 5.10. The van der Waals surface area contributed by atoms with Crippen molar-refractivity contribution >= 4 is 16.7 Å². The molecule has 0 aliphatic rings. The van der Waals surface area contributed by atoms with Crippen LogP contribution < -0.4 is 5.73 Å². The van der Waals surface area contributed by atoms with E-state index in [1.807, 2.05) is 35.9 Å². The first-order valence-electron chi connectivity index (χ1n) is 6.20. The van der Waals surface area contributed by atoms with Gasteiger partial charge in [-0.05, 0) is 26.8 Å². The van der Waals surface area contributed by atoms with Crippen LogP contribution in [0.5, 0.6) is 0 Å². The van der Waals surface area contributed by atoms with Gasteiger partial charge in [0, 0.05) is 11.9 Å². The number of nitrogens with two attached hydrogens (primary N) is 1. The van der Waals surface area contributed by atoms with E-state index in [1.165, 1.54) is 0 Å². The van der Waals surface area contributed by atoms with Gasteiger partial charge in [0.15, 0.2) is 5.78 Å². The monoisotopic (exact) mass is 245 g/mol. The molecule has 2 aromatic rings. The molecule has 0 atom stereocenters. The number of nitrogens with zero attached hydrogens (tertiary/aromatic N) is 2. The van der Waals surface area contributed by atoms with Crippen molar-refractivity contribution in [2.75, 3.05) is 0 Å². The van der Waals surface area contributed by atoms with Crippen molar-refractivity contribution in [2.45, 2.75) is 39.3 Å². The Hall–Kier alpha value is -1.68. The molecule has 1 aromatic heterocycles. The van der Waals surface area contributed by atoms with Crippen molar-refractivity contribution in [1.82, 2.24) is 9.78 Å². The normalized spacial score (nSPS) is 12.0. The Balaban J connectivity index is 2.43. The average molecular weight is 245 g/mol. The van der Waals surface area contributed by atoms with Gasteiger partial charge in [-0.1, -0.05) is 18.2 Å². The predicted molar refractivity (Wildman–Crippen MR) is 72.4 cm³/mol. The second-order valence-electron chi connectivity index (χ2n) is 5.10. The Labute approximate surface area is 107 Å². The quantitative estimate of drug-likeness (QED) is 0.895. The molecule has 1 aromatic carbocycles. The number of fused-ring (bicyclic) bond motifs is 1. The van der Waals surface area contributed by atoms with Gasteiger partial charge in [0.1, 0.15) is 0 Å². The van der Waals surface area contributed by atoms with Crippen molar-refractivity contribution in [3.63, 3.8) is 0 Å². The first-order valence-corrected chi connectivity index (χ1v) is 6.20. The first-order chi connectivity index (χ1) is 8.43. The number of aromatic nitrogens is 2. The van der Waals surface area contributed by atoms with Crippen LogP contribution in [0.4, 0.5) is 0 Å². The third-order valence-corrected chi connectivity index (χ3v) is 3.08. The summed E-state index contributed by atoms with van der Waals surface area (Å²) in [6, 6.07) is 7.97. The molecular formula is C14H19N3O. The number of rotatable bonds is 4. The number of ketones is 1. The summed E-state index contributed by atoms with van der Waals surface area (Å²) >= 11 is 0. The van der Waals surface area contributed by atoms with Crippen LogP contribution in [0.1, 0.15) is 26.5 Å². The van der Waals surface area contributed by atoms with E-state index in [1.54, 1.807) is 13.8 Å². The van der Waals surface area contributed by atoms with E-state index < -0.39 is 5.54 Å². The predicted octanol–water partition coefficient (Wildman–Crippen LogP) is 1.91. The minimum absolute atomic E-state index is 0.00834. The lowest BCUT2D eigenvalue weighted by atomic mass is 9.96. The lowest BCUT2D eigenvalue weighted by Crippen LogP contribution is -2.42. The fourth-order valence-corrected chi connectivity index (χ4v) is 1.95. The van der Waals surface area contributed by atoms with Crippen LogP contribution in [0.25, 0.3) is 10.9 Å².